The van der Waals surface area contributed by atoms with Crippen molar-refractivity contribution in [1.29, 1.82) is 0 Å². The Bertz CT molecular complexity index is 519. The van der Waals surface area contributed by atoms with Gasteiger partial charge in [0.05, 0.1) is 10.2 Å². The molecule has 1 N–H and O–H groups in total. The van der Waals surface area contributed by atoms with E-state index in [2.05, 4.69) is 21.2 Å². The van der Waals surface area contributed by atoms with Gasteiger partial charge >= 0.3 is 0 Å². The van der Waals surface area contributed by atoms with E-state index in [0.29, 0.717) is 17.3 Å². The summed E-state index contributed by atoms with van der Waals surface area (Å²) in [6.07, 6.45) is 1.21. The van der Waals surface area contributed by atoms with E-state index in [9.17, 15) is 12.8 Å². The number of sulfone groups is 1. The molecule has 0 spiro atoms. The highest BCUT2D eigenvalue weighted by atomic mass is 79.9. The molecule has 0 saturated carbocycles. The van der Waals surface area contributed by atoms with Gasteiger partial charge in [0.2, 0.25) is 0 Å². The van der Waals surface area contributed by atoms with Crippen molar-refractivity contribution in [3.8, 4) is 0 Å². The molecular weight excluding hydrogens is 333 g/mol. The van der Waals surface area contributed by atoms with E-state index in [0.717, 1.165) is 5.56 Å². The number of benzene rings is 1. The van der Waals surface area contributed by atoms with Crippen LogP contribution in [-0.4, -0.2) is 27.0 Å². The van der Waals surface area contributed by atoms with Crippen LogP contribution in [0.5, 0.6) is 0 Å². The summed E-state index contributed by atoms with van der Waals surface area (Å²) in [6.45, 7) is 1.65. The second kappa shape index (κ2) is 7.36. The van der Waals surface area contributed by atoms with Crippen LogP contribution in [0.25, 0.3) is 0 Å². The van der Waals surface area contributed by atoms with Crippen molar-refractivity contribution in [3.63, 3.8) is 0 Å². The fraction of sp³-hybridized carbons (Fsp3) is 0.538. The summed E-state index contributed by atoms with van der Waals surface area (Å²) in [4.78, 5) is 0. The van der Waals surface area contributed by atoms with Gasteiger partial charge in [-0.2, -0.15) is 0 Å². The molecule has 1 aromatic rings. The van der Waals surface area contributed by atoms with Crippen molar-refractivity contribution in [2.45, 2.75) is 25.8 Å². The largest absolute Gasteiger partial charge is 0.313 e. The molecule has 19 heavy (non-hydrogen) atoms. The molecule has 1 rings (SSSR count). The summed E-state index contributed by atoms with van der Waals surface area (Å²) in [6, 6.07) is 4.82. The van der Waals surface area contributed by atoms with E-state index in [4.69, 9.17) is 0 Å². The molecule has 0 fully saturated rings. The SMILES string of the molecule is CCS(=O)(=O)CCCC(NC)c1cccc(F)c1Br. The summed E-state index contributed by atoms with van der Waals surface area (Å²) in [5.41, 5.74) is 0.816. The van der Waals surface area contributed by atoms with Gasteiger partial charge < -0.3 is 5.32 Å². The fourth-order valence-electron chi connectivity index (χ4n) is 1.90. The molecule has 3 nitrogen and oxygen atoms in total. The molecule has 0 aliphatic heterocycles. The molecule has 0 radical (unpaired) electrons. The molecule has 0 heterocycles. The van der Waals surface area contributed by atoms with E-state index in [1.54, 1.807) is 20.0 Å². The highest BCUT2D eigenvalue weighted by Gasteiger charge is 2.16. The van der Waals surface area contributed by atoms with Crippen LogP contribution >= 0.6 is 15.9 Å². The zero-order valence-corrected chi connectivity index (χ0v) is 13.5. The lowest BCUT2D eigenvalue weighted by Crippen LogP contribution is -2.19. The van der Waals surface area contributed by atoms with Crippen LogP contribution in [-0.2, 0) is 9.84 Å². The van der Waals surface area contributed by atoms with E-state index >= 15 is 0 Å². The second-order valence-corrected chi connectivity index (χ2v) is 7.63. The van der Waals surface area contributed by atoms with Gasteiger partial charge in [0, 0.05) is 11.8 Å². The van der Waals surface area contributed by atoms with Crippen LogP contribution in [0, 0.1) is 5.82 Å². The Hall–Kier alpha value is -0.460. The van der Waals surface area contributed by atoms with Gasteiger partial charge in [0.15, 0.2) is 0 Å². The lowest BCUT2D eigenvalue weighted by Gasteiger charge is -2.18. The first-order valence-electron chi connectivity index (χ1n) is 6.23. The highest BCUT2D eigenvalue weighted by molar-refractivity contribution is 9.10. The van der Waals surface area contributed by atoms with Crippen LogP contribution in [0.2, 0.25) is 0 Å². The molecule has 0 aromatic heterocycles. The summed E-state index contributed by atoms with van der Waals surface area (Å²) in [7, 11) is -1.15. The number of nitrogens with one attached hydrogen (secondary N) is 1. The van der Waals surface area contributed by atoms with Gasteiger partial charge in [-0.15, -0.1) is 0 Å². The van der Waals surface area contributed by atoms with Gasteiger partial charge in [-0.1, -0.05) is 19.1 Å². The van der Waals surface area contributed by atoms with Gasteiger partial charge in [-0.3, -0.25) is 0 Å². The number of hydrogen-bond acceptors (Lipinski definition) is 3. The van der Waals surface area contributed by atoms with Crippen molar-refractivity contribution in [1.82, 2.24) is 5.32 Å². The first-order chi connectivity index (χ1) is 8.91. The number of hydrogen-bond donors (Lipinski definition) is 1. The lowest BCUT2D eigenvalue weighted by molar-refractivity contribution is 0.527. The molecular formula is C13H19BrFNO2S. The Balaban J connectivity index is 2.71. The van der Waals surface area contributed by atoms with Crippen LogP contribution < -0.4 is 5.32 Å². The van der Waals surface area contributed by atoms with E-state index in [1.807, 2.05) is 6.07 Å². The standard InChI is InChI=1S/C13H19BrFNO2S/c1-3-19(17,18)9-5-8-12(16-2)10-6-4-7-11(15)13(10)14/h4,6-7,12,16H,3,5,8-9H2,1-2H3. The Labute approximate surface area is 122 Å². The van der Waals surface area contributed by atoms with Gasteiger partial charge in [-0.25, -0.2) is 12.8 Å². The summed E-state index contributed by atoms with van der Waals surface area (Å²) in [5.74, 6) is 0.0362. The van der Waals surface area contributed by atoms with Crippen LogP contribution in [0.4, 0.5) is 4.39 Å². The third-order valence-electron chi connectivity index (χ3n) is 3.09. The molecule has 1 aromatic carbocycles. The normalized spacial score (nSPS) is 13.5. The van der Waals surface area contributed by atoms with E-state index in [-0.39, 0.29) is 23.4 Å². The first-order valence-corrected chi connectivity index (χ1v) is 8.84. The zero-order chi connectivity index (χ0) is 14.5. The number of rotatable bonds is 7. The minimum atomic E-state index is -2.94. The van der Waals surface area contributed by atoms with Crippen molar-refractivity contribution < 1.29 is 12.8 Å². The maximum atomic E-state index is 13.5. The average molecular weight is 352 g/mol. The van der Waals surface area contributed by atoms with Gasteiger partial charge in [0.25, 0.3) is 0 Å². The average Bonchev–Trinajstić information content (AvgIpc) is 2.38. The molecule has 0 saturated heterocycles. The monoisotopic (exact) mass is 351 g/mol. The maximum Gasteiger partial charge on any atom is 0.150 e. The Morgan fingerprint density at radius 1 is 1.42 bits per heavy atom. The van der Waals surface area contributed by atoms with Crippen LogP contribution in [0.1, 0.15) is 31.4 Å². The Kier molecular flexibility index (Phi) is 6.42. The predicted octanol–water partition coefficient (Wildman–Crippen LogP) is 3.06. The van der Waals surface area contributed by atoms with Gasteiger partial charge in [0.1, 0.15) is 15.7 Å². The molecule has 1 atom stereocenters. The molecule has 1 unspecified atom stereocenters. The molecule has 0 bridgehead atoms. The first kappa shape index (κ1) is 16.6. The smallest absolute Gasteiger partial charge is 0.150 e. The summed E-state index contributed by atoms with van der Waals surface area (Å²) < 4.78 is 36.8. The maximum absolute atomic E-state index is 13.5. The molecule has 108 valence electrons. The number of halogens is 2. The molecule has 0 aliphatic carbocycles. The molecule has 6 heteroatoms. The van der Waals surface area contributed by atoms with E-state index < -0.39 is 9.84 Å². The highest BCUT2D eigenvalue weighted by Crippen LogP contribution is 2.28. The van der Waals surface area contributed by atoms with Crippen LogP contribution in [0.15, 0.2) is 22.7 Å². The molecule has 0 aliphatic rings. The zero-order valence-electron chi connectivity index (χ0n) is 11.1. The van der Waals surface area contributed by atoms with Crippen molar-refractivity contribution in [2.75, 3.05) is 18.6 Å². The predicted molar refractivity (Wildman–Crippen MR) is 79.5 cm³/mol. The van der Waals surface area contributed by atoms with E-state index in [1.165, 1.54) is 6.07 Å². The minimum absolute atomic E-state index is 0.0582. The van der Waals surface area contributed by atoms with Crippen molar-refractivity contribution in [2.24, 2.45) is 0 Å². The van der Waals surface area contributed by atoms with Gasteiger partial charge in [-0.05, 0) is 47.4 Å². The fourth-order valence-corrected chi connectivity index (χ4v) is 3.33. The van der Waals surface area contributed by atoms with Crippen molar-refractivity contribution >= 4 is 25.8 Å². The van der Waals surface area contributed by atoms with Crippen molar-refractivity contribution in [3.05, 3.63) is 34.1 Å². The summed E-state index contributed by atoms with van der Waals surface area (Å²) in [5, 5.41) is 3.10. The topological polar surface area (TPSA) is 46.2 Å². The minimum Gasteiger partial charge on any atom is -0.313 e. The third-order valence-corrected chi connectivity index (χ3v) is 5.72. The molecule has 0 amide bonds. The second-order valence-electron chi connectivity index (χ2n) is 4.36. The Morgan fingerprint density at radius 2 is 2.11 bits per heavy atom. The lowest BCUT2D eigenvalue weighted by atomic mass is 10.0. The Morgan fingerprint density at radius 3 is 2.68 bits per heavy atom. The quantitative estimate of drug-likeness (QED) is 0.820. The third kappa shape index (κ3) is 4.85. The summed E-state index contributed by atoms with van der Waals surface area (Å²) >= 11 is 3.23. The van der Waals surface area contributed by atoms with Crippen LogP contribution in [0.3, 0.4) is 0 Å².